The van der Waals surface area contributed by atoms with Gasteiger partial charge in [-0.05, 0) is 12.8 Å². The number of aliphatic hydroxyl groups excluding tert-OH is 5. The van der Waals surface area contributed by atoms with Crippen molar-refractivity contribution in [3.8, 4) is 0 Å². The van der Waals surface area contributed by atoms with Crippen molar-refractivity contribution in [3.63, 3.8) is 0 Å². The Morgan fingerprint density at radius 3 is 2.39 bits per heavy atom. The molecule has 0 amide bonds. The molecule has 108 valence electrons. The maximum absolute atomic E-state index is 9.64. The summed E-state index contributed by atoms with van der Waals surface area (Å²) in [7, 11) is 0. The monoisotopic (exact) mass is 266 g/mol. The average Bonchev–Trinajstić information content (AvgIpc) is 2.38. The van der Waals surface area contributed by atoms with Crippen LogP contribution in [0.4, 0.5) is 0 Å². The molecule has 18 heavy (non-hydrogen) atoms. The Morgan fingerprint density at radius 2 is 1.83 bits per heavy atom. The largest absolute Gasteiger partial charge is 0.394 e. The first-order chi connectivity index (χ1) is 8.51. The first-order valence-electron chi connectivity index (χ1n) is 6.11. The molecular formula is C11H22O7. The van der Waals surface area contributed by atoms with Crippen LogP contribution in [-0.4, -0.2) is 75.6 Å². The van der Waals surface area contributed by atoms with Crippen molar-refractivity contribution in [1.29, 1.82) is 0 Å². The van der Waals surface area contributed by atoms with Gasteiger partial charge in [-0.1, -0.05) is 6.92 Å². The Bertz CT molecular complexity index is 235. The minimum absolute atomic E-state index is 0.150. The van der Waals surface area contributed by atoms with Gasteiger partial charge in [0, 0.05) is 0 Å². The Balaban J connectivity index is 2.44. The summed E-state index contributed by atoms with van der Waals surface area (Å²) in [5.74, 6) is 0. The van der Waals surface area contributed by atoms with Crippen molar-refractivity contribution < 1.29 is 35.0 Å². The highest BCUT2D eigenvalue weighted by atomic mass is 16.7. The van der Waals surface area contributed by atoms with Crippen molar-refractivity contribution >= 4 is 0 Å². The number of aliphatic hydroxyl groups is 5. The third kappa shape index (κ3) is 3.86. The van der Waals surface area contributed by atoms with Crippen molar-refractivity contribution in [3.05, 3.63) is 0 Å². The van der Waals surface area contributed by atoms with Crippen molar-refractivity contribution in [2.75, 3.05) is 13.2 Å². The third-order valence-corrected chi connectivity index (χ3v) is 3.05. The van der Waals surface area contributed by atoms with Gasteiger partial charge >= 0.3 is 0 Å². The molecule has 1 heterocycles. The molecule has 1 aliphatic rings. The second kappa shape index (κ2) is 7.34. The minimum Gasteiger partial charge on any atom is -0.394 e. The van der Waals surface area contributed by atoms with Gasteiger partial charge in [0.25, 0.3) is 0 Å². The van der Waals surface area contributed by atoms with E-state index in [-0.39, 0.29) is 6.61 Å². The van der Waals surface area contributed by atoms with E-state index >= 15 is 0 Å². The first kappa shape index (κ1) is 15.8. The molecule has 1 aliphatic heterocycles. The standard InChI is InChI=1S/C11H22O7/c1-2-6(13)3-4-17-11-10(16)9(15)8(14)7(5-12)18-11/h6-16H,2-5H2,1H3. The van der Waals surface area contributed by atoms with Crippen LogP contribution in [0.15, 0.2) is 0 Å². The Kier molecular flexibility index (Phi) is 6.44. The van der Waals surface area contributed by atoms with E-state index in [1.54, 1.807) is 0 Å². The van der Waals surface area contributed by atoms with Gasteiger partial charge in [0.15, 0.2) is 6.29 Å². The highest BCUT2D eigenvalue weighted by Crippen LogP contribution is 2.22. The summed E-state index contributed by atoms with van der Waals surface area (Å²) in [5, 5.41) is 47.0. The van der Waals surface area contributed by atoms with Gasteiger partial charge in [-0.2, -0.15) is 0 Å². The second-order valence-electron chi connectivity index (χ2n) is 4.42. The maximum Gasteiger partial charge on any atom is 0.186 e. The normalized spacial score (nSPS) is 38.7. The zero-order valence-electron chi connectivity index (χ0n) is 10.3. The predicted molar refractivity (Wildman–Crippen MR) is 60.6 cm³/mol. The van der Waals surface area contributed by atoms with Gasteiger partial charge in [0.1, 0.15) is 24.4 Å². The molecule has 0 saturated carbocycles. The molecule has 0 aromatic carbocycles. The lowest BCUT2D eigenvalue weighted by Gasteiger charge is -2.39. The van der Waals surface area contributed by atoms with E-state index in [0.29, 0.717) is 12.8 Å². The van der Waals surface area contributed by atoms with Gasteiger partial charge < -0.3 is 35.0 Å². The van der Waals surface area contributed by atoms with E-state index in [1.165, 1.54) is 0 Å². The summed E-state index contributed by atoms with van der Waals surface area (Å²) in [5.41, 5.74) is 0. The van der Waals surface area contributed by atoms with E-state index in [1.807, 2.05) is 6.92 Å². The minimum atomic E-state index is -1.43. The fourth-order valence-corrected chi connectivity index (χ4v) is 1.73. The first-order valence-corrected chi connectivity index (χ1v) is 6.11. The molecule has 1 rings (SSSR count). The van der Waals surface area contributed by atoms with E-state index in [0.717, 1.165) is 0 Å². The fourth-order valence-electron chi connectivity index (χ4n) is 1.73. The molecule has 0 radical (unpaired) electrons. The van der Waals surface area contributed by atoms with Gasteiger partial charge in [-0.25, -0.2) is 0 Å². The molecule has 7 nitrogen and oxygen atoms in total. The lowest BCUT2D eigenvalue weighted by atomic mass is 9.99. The molecule has 0 aromatic heterocycles. The fraction of sp³-hybridized carbons (Fsp3) is 1.00. The number of ether oxygens (including phenoxy) is 2. The van der Waals surface area contributed by atoms with Crippen LogP contribution in [0, 0.1) is 0 Å². The zero-order chi connectivity index (χ0) is 13.7. The van der Waals surface area contributed by atoms with E-state index < -0.39 is 43.4 Å². The van der Waals surface area contributed by atoms with Gasteiger partial charge in [-0.15, -0.1) is 0 Å². The molecule has 7 heteroatoms. The molecule has 0 bridgehead atoms. The zero-order valence-corrected chi connectivity index (χ0v) is 10.3. The topological polar surface area (TPSA) is 120 Å². The highest BCUT2D eigenvalue weighted by Gasteiger charge is 2.43. The molecule has 6 atom stereocenters. The van der Waals surface area contributed by atoms with Crippen LogP contribution in [0.25, 0.3) is 0 Å². The van der Waals surface area contributed by atoms with Crippen LogP contribution in [-0.2, 0) is 9.47 Å². The predicted octanol–water partition coefficient (Wildman–Crippen LogP) is -2.04. The lowest BCUT2D eigenvalue weighted by molar-refractivity contribution is -0.301. The molecule has 5 N–H and O–H groups in total. The van der Waals surface area contributed by atoms with Crippen LogP contribution in [0.2, 0.25) is 0 Å². The molecule has 1 fully saturated rings. The molecule has 0 spiro atoms. The summed E-state index contributed by atoms with van der Waals surface area (Å²) >= 11 is 0. The number of hydrogen-bond acceptors (Lipinski definition) is 7. The van der Waals surface area contributed by atoms with Gasteiger partial charge in [-0.3, -0.25) is 0 Å². The van der Waals surface area contributed by atoms with Crippen molar-refractivity contribution in [2.45, 2.75) is 56.6 Å². The van der Waals surface area contributed by atoms with Crippen LogP contribution in [0.5, 0.6) is 0 Å². The van der Waals surface area contributed by atoms with E-state index in [4.69, 9.17) is 14.6 Å². The second-order valence-corrected chi connectivity index (χ2v) is 4.42. The summed E-state index contributed by atoms with van der Waals surface area (Å²) in [6, 6.07) is 0. The summed E-state index contributed by atoms with van der Waals surface area (Å²) in [6.07, 6.45) is -5.81. The van der Waals surface area contributed by atoms with Crippen molar-refractivity contribution in [2.24, 2.45) is 0 Å². The molecule has 0 aromatic rings. The van der Waals surface area contributed by atoms with Gasteiger partial charge in [0.2, 0.25) is 0 Å². The molecule has 0 aliphatic carbocycles. The van der Waals surface area contributed by atoms with E-state index in [9.17, 15) is 20.4 Å². The van der Waals surface area contributed by atoms with E-state index in [2.05, 4.69) is 0 Å². The maximum atomic E-state index is 9.64. The summed E-state index contributed by atoms with van der Waals surface area (Å²) < 4.78 is 10.3. The number of rotatable bonds is 6. The van der Waals surface area contributed by atoms with Crippen LogP contribution >= 0.6 is 0 Å². The summed E-state index contributed by atoms with van der Waals surface area (Å²) in [6.45, 7) is 1.50. The number of hydrogen-bond donors (Lipinski definition) is 5. The molecular weight excluding hydrogens is 244 g/mol. The highest BCUT2D eigenvalue weighted by molar-refractivity contribution is 4.88. The van der Waals surface area contributed by atoms with Crippen molar-refractivity contribution in [1.82, 2.24) is 0 Å². The lowest BCUT2D eigenvalue weighted by Crippen LogP contribution is -2.59. The smallest absolute Gasteiger partial charge is 0.186 e. The van der Waals surface area contributed by atoms with Crippen LogP contribution < -0.4 is 0 Å². The Labute approximate surface area is 106 Å². The summed E-state index contributed by atoms with van der Waals surface area (Å²) in [4.78, 5) is 0. The van der Waals surface area contributed by atoms with Crippen LogP contribution in [0.3, 0.4) is 0 Å². The average molecular weight is 266 g/mol. The van der Waals surface area contributed by atoms with Gasteiger partial charge in [0.05, 0.1) is 19.3 Å². The SMILES string of the molecule is CCC(O)CCOC1OC(CO)C(O)C(O)C1O. The third-order valence-electron chi connectivity index (χ3n) is 3.05. The quantitative estimate of drug-likeness (QED) is 0.376. The molecule has 6 unspecified atom stereocenters. The van der Waals surface area contributed by atoms with Crippen LogP contribution in [0.1, 0.15) is 19.8 Å². The molecule has 1 saturated heterocycles. The Morgan fingerprint density at radius 1 is 1.17 bits per heavy atom. The Hall–Kier alpha value is -0.280.